The van der Waals surface area contributed by atoms with E-state index in [1.165, 1.54) is 18.4 Å². The minimum Gasteiger partial charge on any atom is -0.468 e. The maximum atomic E-state index is 12.5. The van der Waals surface area contributed by atoms with Gasteiger partial charge in [0, 0.05) is 24.1 Å². The maximum Gasteiger partial charge on any atom is 0.315 e. The number of amides is 1. The molecule has 0 aliphatic carbocycles. The number of hydrogen-bond donors (Lipinski definition) is 1. The molecule has 0 unspecified atom stereocenters. The van der Waals surface area contributed by atoms with E-state index < -0.39 is 11.1 Å². The van der Waals surface area contributed by atoms with E-state index in [0.29, 0.717) is 13.0 Å². The van der Waals surface area contributed by atoms with Crippen molar-refractivity contribution in [2.45, 2.75) is 50.6 Å². The second-order valence-corrected chi connectivity index (χ2v) is 9.43. The third-order valence-electron chi connectivity index (χ3n) is 6.98. The van der Waals surface area contributed by atoms with Crippen molar-refractivity contribution >= 4 is 23.6 Å². The van der Waals surface area contributed by atoms with Crippen molar-refractivity contribution in [2.75, 3.05) is 18.6 Å². The number of carbonyl (C=O) groups is 2. The van der Waals surface area contributed by atoms with Crippen molar-refractivity contribution in [3.8, 4) is 0 Å². The van der Waals surface area contributed by atoms with Crippen molar-refractivity contribution in [2.24, 2.45) is 0 Å². The van der Waals surface area contributed by atoms with Crippen LogP contribution in [0.4, 0.5) is 5.69 Å². The molecule has 0 saturated carbocycles. The van der Waals surface area contributed by atoms with Gasteiger partial charge in [-0.1, -0.05) is 62.4 Å². The normalized spacial score (nSPS) is 22.1. The van der Waals surface area contributed by atoms with Gasteiger partial charge in [-0.2, -0.15) is 0 Å². The van der Waals surface area contributed by atoms with Crippen molar-refractivity contribution in [1.29, 1.82) is 0 Å². The summed E-state index contributed by atoms with van der Waals surface area (Å²) in [5, 5.41) is 3.30. The summed E-state index contributed by atoms with van der Waals surface area (Å²) >= 11 is 0. The van der Waals surface area contributed by atoms with Gasteiger partial charge in [-0.25, -0.2) is 0 Å². The zero-order valence-corrected chi connectivity index (χ0v) is 18.9. The Morgan fingerprint density at radius 1 is 1.13 bits per heavy atom. The molecule has 0 aromatic heterocycles. The number of rotatable bonds is 4. The fourth-order valence-corrected chi connectivity index (χ4v) is 4.92. The monoisotopic (exact) mass is 418 g/mol. The summed E-state index contributed by atoms with van der Waals surface area (Å²) in [6.07, 6.45) is 4.66. The van der Waals surface area contributed by atoms with Crippen molar-refractivity contribution in [3.05, 3.63) is 71.3 Å². The molecular weight excluding hydrogens is 388 g/mol. The van der Waals surface area contributed by atoms with Crippen LogP contribution in [0.25, 0.3) is 6.08 Å². The molecule has 31 heavy (non-hydrogen) atoms. The van der Waals surface area contributed by atoms with Gasteiger partial charge >= 0.3 is 5.97 Å². The van der Waals surface area contributed by atoms with Crippen molar-refractivity contribution < 1.29 is 14.3 Å². The number of nitrogens with zero attached hydrogens (tertiary/aromatic N) is 1. The van der Waals surface area contributed by atoms with E-state index in [-0.39, 0.29) is 17.3 Å². The molecule has 1 amide bonds. The van der Waals surface area contributed by atoms with E-state index in [1.807, 2.05) is 44.2 Å². The van der Waals surface area contributed by atoms with E-state index >= 15 is 0 Å². The molecule has 2 heterocycles. The Morgan fingerprint density at radius 2 is 1.81 bits per heavy atom. The van der Waals surface area contributed by atoms with Crippen LogP contribution in [0.1, 0.15) is 50.8 Å². The number of hydrogen-bond acceptors (Lipinski definition) is 4. The van der Waals surface area contributed by atoms with Crippen LogP contribution < -0.4 is 10.2 Å². The molecule has 162 valence electrons. The fourth-order valence-electron chi connectivity index (χ4n) is 4.92. The molecule has 0 bridgehead atoms. The Labute approximate surface area is 184 Å². The number of ether oxygens (including phenoxy) is 1. The second-order valence-electron chi connectivity index (χ2n) is 9.43. The lowest BCUT2D eigenvalue weighted by atomic mass is 9.74. The first-order chi connectivity index (χ1) is 14.6. The molecule has 1 N–H and O–H groups in total. The minimum atomic E-state index is -0.709. The van der Waals surface area contributed by atoms with Gasteiger partial charge in [-0.3, -0.25) is 9.59 Å². The molecule has 1 fully saturated rings. The van der Waals surface area contributed by atoms with E-state index in [4.69, 9.17) is 4.74 Å². The summed E-state index contributed by atoms with van der Waals surface area (Å²) in [5.74, 6) is -0.197. The van der Waals surface area contributed by atoms with E-state index in [0.717, 1.165) is 11.1 Å². The Balaban J connectivity index is 1.70. The van der Waals surface area contributed by atoms with E-state index in [9.17, 15) is 9.59 Å². The molecule has 0 radical (unpaired) electrons. The largest absolute Gasteiger partial charge is 0.468 e. The van der Waals surface area contributed by atoms with Crippen LogP contribution in [-0.4, -0.2) is 31.2 Å². The Hall–Kier alpha value is -3.08. The first kappa shape index (κ1) is 21.2. The van der Waals surface area contributed by atoms with Crippen LogP contribution in [0.5, 0.6) is 0 Å². The lowest BCUT2D eigenvalue weighted by molar-refractivity contribution is -0.146. The van der Waals surface area contributed by atoms with E-state index in [2.05, 4.69) is 54.4 Å². The molecule has 1 saturated heterocycles. The van der Waals surface area contributed by atoms with Gasteiger partial charge in [0.25, 0.3) is 0 Å². The Kier molecular flexibility index (Phi) is 4.95. The minimum absolute atomic E-state index is 0.0666. The number of anilines is 1. The van der Waals surface area contributed by atoms with Gasteiger partial charge in [-0.15, -0.1) is 0 Å². The van der Waals surface area contributed by atoms with Crippen LogP contribution in [0.15, 0.2) is 54.6 Å². The maximum absolute atomic E-state index is 12.5. The van der Waals surface area contributed by atoms with Crippen LogP contribution in [0.2, 0.25) is 0 Å². The fraction of sp³-hybridized carbons (Fsp3) is 0.385. The quantitative estimate of drug-likeness (QED) is 0.758. The standard InChI is InChI=1S/C26H30N2O3/c1-24(2,23(30)31-5)19-12-10-18(11-13-19)14-16-26-25(3,4)20-8-6-7-9-21(20)28(26)17-15-22(29)27-26/h6-14,16H,15,17H2,1-5H3,(H,27,29)/t26-/m0/s1. The van der Waals surface area contributed by atoms with Crippen LogP contribution in [-0.2, 0) is 25.2 Å². The number of fused-ring (bicyclic) bond motifs is 3. The third-order valence-corrected chi connectivity index (χ3v) is 6.98. The van der Waals surface area contributed by atoms with Crippen LogP contribution in [0, 0.1) is 0 Å². The summed E-state index contributed by atoms with van der Waals surface area (Å²) in [7, 11) is 1.41. The first-order valence-corrected chi connectivity index (χ1v) is 10.7. The Morgan fingerprint density at radius 3 is 2.48 bits per heavy atom. The highest BCUT2D eigenvalue weighted by Crippen LogP contribution is 2.52. The number of methoxy groups -OCH3 is 1. The molecule has 5 nitrogen and oxygen atoms in total. The summed E-state index contributed by atoms with van der Waals surface area (Å²) in [5.41, 5.74) is 2.67. The predicted octanol–water partition coefficient (Wildman–Crippen LogP) is 4.16. The SMILES string of the molecule is COC(=O)C(C)(C)c1ccc(C=C[C@]23NC(=O)CCN2c2ccccc2C3(C)C)cc1. The second kappa shape index (κ2) is 7.26. The van der Waals surface area contributed by atoms with Gasteiger partial charge in [0.05, 0.1) is 12.5 Å². The molecule has 2 aromatic rings. The van der Waals surface area contributed by atoms with Crippen molar-refractivity contribution in [1.82, 2.24) is 5.32 Å². The molecule has 1 atom stereocenters. The zero-order chi connectivity index (χ0) is 22.4. The molecule has 2 aliphatic heterocycles. The van der Waals surface area contributed by atoms with Gasteiger partial charge in [0.2, 0.25) is 5.91 Å². The number of carbonyl (C=O) groups excluding carboxylic acids is 2. The molecular formula is C26H30N2O3. The Bertz CT molecular complexity index is 1050. The molecule has 5 heteroatoms. The zero-order valence-electron chi connectivity index (χ0n) is 18.9. The van der Waals surface area contributed by atoms with Crippen LogP contribution >= 0.6 is 0 Å². The van der Waals surface area contributed by atoms with Crippen molar-refractivity contribution in [3.63, 3.8) is 0 Å². The first-order valence-electron chi connectivity index (χ1n) is 10.7. The van der Waals surface area contributed by atoms with Gasteiger partial charge < -0.3 is 15.0 Å². The highest BCUT2D eigenvalue weighted by molar-refractivity contribution is 5.85. The number of para-hydroxylation sites is 1. The van der Waals surface area contributed by atoms with Gasteiger partial charge in [-0.05, 0) is 42.7 Å². The molecule has 4 rings (SSSR count). The summed E-state index contributed by atoms with van der Waals surface area (Å²) in [6, 6.07) is 16.3. The smallest absolute Gasteiger partial charge is 0.315 e. The lowest BCUT2D eigenvalue weighted by Gasteiger charge is -2.49. The summed E-state index contributed by atoms with van der Waals surface area (Å²) in [6.45, 7) is 8.77. The average molecular weight is 419 g/mol. The number of benzene rings is 2. The number of nitrogens with one attached hydrogen (secondary N) is 1. The third kappa shape index (κ3) is 3.14. The number of esters is 1. The van der Waals surface area contributed by atoms with Crippen LogP contribution in [0.3, 0.4) is 0 Å². The molecule has 0 spiro atoms. The average Bonchev–Trinajstić information content (AvgIpc) is 2.96. The highest BCUT2D eigenvalue weighted by Gasteiger charge is 2.57. The van der Waals surface area contributed by atoms with E-state index in [1.54, 1.807) is 0 Å². The predicted molar refractivity (Wildman–Crippen MR) is 123 cm³/mol. The molecule has 2 aliphatic rings. The topological polar surface area (TPSA) is 58.6 Å². The van der Waals surface area contributed by atoms with Gasteiger partial charge in [0.1, 0.15) is 5.66 Å². The lowest BCUT2D eigenvalue weighted by Crippen LogP contribution is -2.68. The molecule has 2 aromatic carbocycles. The highest BCUT2D eigenvalue weighted by atomic mass is 16.5. The summed E-state index contributed by atoms with van der Waals surface area (Å²) < 4.78 is 4.94. The summed E-state index contributed by atoms with van der Waals surface area (Å²) in [4.78, 5) is 26.9. The van der Waals surface area contributed by atoms with Gasteiger partial charge in [0.15, 0.2) is 0 Å².